The van der Waals surface area contributed by atoms with Gasteiger partial charge in [-0.1, -0.05) is 0 Å². The van der Waals surface area contributed by atoms with Gasteiger partial charge in [0.2, 0.25) is 0 Å². The SMILES string of the molecule is c1cc2cc(Nc3n[nH]c4nccnc34)ccc2c(N2CC3CC2CO3)n1. The summed E-state index contributed by atoms with van der Waals surface area (Å²) in [5, 5.41) is 12.8. The summed E-state index contributed by atoms with van der Waals surface area (Å²) < 4.78 is 5.73. The molecule has 0 amide bonds. The molecule has 2 atom stereocenters. The fourth-order valence-electron chi connectivity index (χ4n) is 4.11. The predicted octanol–water partition coefficient (Wildman–Crippen LogP) is 2.62. The van der Waals surface area contributed by atoms with E-state index in [9.17, 15) is 0 Å². The van der Waals surface area contributed by atoms with Gasteiger partial charge in [0.05, 0.1) is 18.8 Å². The molecule has 27 heavy (non-hydrogen) atoms. The van der Waals surface area contributed by atoms with E-state index in [0.717, 1.165) is 47.4 Å². The van der Waals surface area contributed by atoms with E-state index in [0.29, 0.717) is 23.6 Å². The molecule has 5 heterocycles. The zero-order valence-corrected chi connectivity index (χ0v) is 14.5. The summed E-state index contributed by atoms with van der Waals surface area (Å²) in [4.78, 5) is 15.6. The van der Waals surface area contributed by atoms with Crippen molar-refractivity contribution < 1.29 is 4.74 Å². The van der Waals surface area contributed by atoms with E-state index in [1.807, 2.05) is 12.3 Å². The number of benzene rings is 1. The molecule has 0 saturated carbocycles. The van der Waals surface area contributed by atoms with E-state index in [-0.39, 0.29) is 0 Å². The molecule has 2 bridgehead atoms. The largest absolute Gasteiger partial charge is 0.374 e. The monoisotopic (exact) mass is 359 g/mol. The highest BCUT2D eigenvalue weighted by Gasteiger charge is 2.40. The minimum Gasteiger partial charge on any atom is -0.374 e. The zero-order valence-electron chi connectivity index (χ0n) is 14.5. The average molecular weight is 359 g/mol. The molecule has 1 aromatic carbocycles. The number of morpholine rings is 1. The lowest BCUT2D eigenvalue weighted by Gasteiger charge is -2.28. The first-order valence-electron chi connectivity index (χ1n) is 9.04. The Bertz CT molecular complexity index is 1160. The van der Waals surface area contributed by atoms with Crippen molar-refractivity contribution in [2.75, 3.05) is 23.4 Å². The van der Waals surface area contributed by atoms with Crippen LogP contribution in [0.5, 0.6) is 0 Å². The van der Waals surface area contributed by atoms with Crippen molar-refractivity contribution in [3.63, 3.8) is 0 Å². The van der Waals surface area contributed by atoms with E-state index < -0.39 is 0 Å². The van der Waals surface area contributed by atoms with Gasteiger partial charge in [0, 0.05) is 36.2 Å². The third kappa shape index (κ3) is 2.33. The maximum Gasteiger partial charge on any atom is 0.180 e. The van der Waals surface area contributed by atoms with Crippen LogP contribution in [0.1, 0.15) is 6.42 Å². The first-order valence-corrected chi connectivity index (χ1v) is 9.04. The molecule has 4 aromatic rings. The summed E-state index contributed by atoms with van der Waals surface area (Å²) in [6, 6.07) is 8.77. The fourth-order valence-corrected chi connectivity index (χ4v) is 4.11. The zero-order chi connectivity index (χ0) is 17.8. The van der Waals surface area contributed by atoms with Crippen LogP contribution in [0.2, 0.25) is 0 Å². The summed E-state index contributed by atoms with van der Waals surface area (Å²) in [5.41, 5.74) is 2.34. The van der Waals surface area contributed by atoms with Crippen LogP contribution in [-0.2, 0) is 4.74 Å². The number of anilines is 3. The van der Waals surface area contributed by atoms with Crippen LogP contribution < -0.4 is 10.2 Å². The number of hydrogen-bond donors (Lipinski definition) is 2. The number of H-pyrrole nitrogens is 1. The first-order chi connectivity index (χ1) is 13.3. The Kier molecular flexibility index (Phi) is 3.09. The summed E-state index contributed by atoms with van der Waals surface area (Å²) >= 11 is 0. The van der Waals surface area contributed by atoms with Crippen LogP contribution in [0.4, 0.5) is 17.3 Å². The lowest BCUT2D eigenvalue weighted by atomic mass is 10.1. The Morgan fingerprint density at radius 3 is 2.96 bits per heavy atom. The minimum absolute atomic E-state index is 0.349. The molecule has 0 radical (unpaired) electrons. The molecule has 8 heteroatoms. The van der Waals surface area contributed by atoms with Crippen molar-refractivity contribution in [3.05, 3.63) is 42.9 Å². The summed E-state index contributed by atoms with van der Waals surface area (Å²) in [5.74, 6) is 1.71. The van der Waals surface area contributed by atoms with Crippen LogP contribution in [0, 0.1) is 0 Å². The second-order valence-corrected chi connectivity index (χ2v) is 7.02. The smallest absolute Gasteiger partial charge is 0.180 e. The van der Waals surface area contributed by atoms with Crippen LogP contribution >= 0.6 is 0 Å². The molecule has 0 spiro atoms. The molecule has 2 aliphatic rings. The number of pyridine rings is 1. The lowest BCUT2D eigenvalue weighted by molar-refractivity contribution is 0.0990. The van der Waals surface area contributed by atoms with Crippen molar-refractivity contribution in [3.8, 4) is 0 Å². The molecule has 8 nitrogen and oxygen atoms in total. The fraction of sp³-hybridized carbons (Fsp3) is 0.263. The lowest BCUT2D eigenvalue weighted by Crippen LogP contribution is -2.37. The normalized spacial score (nSPS) is 21.4. The Hall–Kier alpha value is -3.26. The van der Waals surface area contributed by atoms with Crippen LogP contribution in [-0.4, -0.2) is 50.4 Å². The number of nitrogens with one attached hydrogen (secondary N) is 2. The molecule has 2 aliphatic heterocycles. The highest BCUT2D eigenvalue weighted by Crippen LogP contribution is 2.36. The third-order valence-corrected chi connectivity index (χ3v) is 5.37. The van der Waals surface area contributed by atoms with Crippen LogP contribution in [0.25, 0.3) is 21.9 Å². The van der Waals surface area contributed by atoms with Gasteiger partial charge in [0.15, 0.2) is 17.0 Å². The number of aromatic amines is 1. The molecule has 2 fully saturated rings. The first kappa shape index (κ1) is 14.9. The molecular formula is C19H17N7O. The minimum atomic E-state index is 0.349. The van der Waals surface area contributed by atoms with E-state index in [4.69, 9.17) is 4.74 Å². The van der Waals surface area contributed by atoms with Crippen molar-refractivity contribution >= 4 is 39.3 Å². The molecule has 2 N–H and O–H groups in total. The second kappa shape index (κ2) is 5.62. The Morgan fingerprint density at radius 1 is 1.11 bits per heavy atom. The Labute approximate surface area is 154 Å². The molecule has 2 saturated heterocycles. The summed E-state index contributed by atoms with van der Waals surface area (Å²) in [6.45, 7) is 1.73. The predicted molar refractivity (Wildman–Crippen MR) is 102 cm³/mol. The number of aromatic nitrogens is 5. The van der Waals surface area contributed by atoms with Crippen molar-refractivity contribution in [1.29, 1.82) is 0 Å². The van der Waals surface area contributed by atoms with Gasteiger partial charge in [-0.05, 0) is 36.1 Å². The van der Waals surface area contributed by atoms with Crippen molar-refractivity contribution in [1.82, 2.24) is 25.1 Å². The maximum atomic E-state index is 5.73. The number of nitrogens with zero attached hydrogens (tertiary/aromatic N) is 5. The van der Waals surface area contributed by atoms with Gasteiger partial charge >= 0.3 is 0 Å². The van der Waals surface area contributed by atoms with Gasteiger partial charge in [-0.25, -0.2) is 15.0 Å². The van der Waals surface area contributed by atoms with E-state index >= 15 is 0 Å². The standard InChI is InChI=1S/C19H17N7O/c1-2-15-11(3-4-22-19(15)26-9-14-8-13(26)10-27-14)7-12(1)23-18-16-17(24-25-18)21-6-5-20-16/h1-7,13-14H,8-10H2,(H2,21,23,24,25). The topological polar surface area (TPSA) is 91.9 Å². The van der Waals surface area contributed by atoms with Gasteiger partial charge < -0.3 is 15.0 Å². The number of rotatable bonds is 3. The summed E-state index contributed by atoms with van der Waals surface area (Å²) in [7, 11) is 0. The number of ether oxygens (including phenoxy) is 1. The molecule has 6 rings (SSSR count). The van der Waals surface area contributed by atoms with Gasteiger partial charge in [0.1, 0.15) is 5.82 Å². The molecule has 3 aromatic heterocycles. The molecule has 2 unspecified atom stereocenters. The van der Waals surface area contributed by atoms with Crippen molar-refractivity contribution in [2.45, 2.75) is 18.6 Å². The van der Waals surface area contributed by atoms with E-state index in [1.54, 1.807) is 12.4 Å². The molecule has 134 valence electrons. The number of hydrogen-bond acceptors (Lipinski definition) is 7. The highest BCUT2D eigenvalue weighted by atomic mass is 16.5. The van der Waals surface area contributed by atoms with Crippen molar-refractivity contribution in [2.24, 2.45) is 0 Å². The van der Waals surface area contributed by atoms with Gasteiger partial charge in [-0.3, -0.25) is 5.10 Å². The van der Waals surface area contributed by atoms with E-state index in [1.165, 1.54) is 0 Å². The second-order valence-electron chi connectivity index (χ2n) is 7.02. The van der Waals surface area contributed by atoms with E-state index in [2.05, 4.69) is 53.6 Å². The summed E-state index contributed by atoms with van der Waals surface area (Å²) in [6.07, 6.45) is 6.64. The molecular weight excluding hydrogens is 342 g/mol. The molecule has 0 aliphatic carbocycles. The van der Waals surface area contributed by atoms with Crippen LogP contribution in [0.15, 0.2) is 42.9 Å². The quantitative estimate of drug-likeness (QED) is 0.581. The van der Waals surface area contributed by atoms with Gasteiger partial charge in [0.25, 0.3) is 0 Å². The number of fused-ring (bicyclic) bond motifs is 4. The Morgan fingerprint density at radius 2 is 2.07 bits per heavy atom. The average Bonchev–Trinajstić information content (AvgIpc) is 3.44. The van der Waals surface area contributed by atoms with Gasteiger partial charge in [-0.15, -0.1) is 0 Å². The maximum absolute atomic E-state index is 5.73. The Balaban J connectivity index is 1.37. The third-order valence-electron chi connectivity index (χ3n) is 5.37. The highest BCUT2D eigenvalue weighted by molar-refractivity contribution is 5.95. The van der Waals surface area contributed by atoms with Crippen LogP contribution in [0.3, 0.4) is 0 Å². The van der Waals surface area contributed by atoms with Gasteiger partial charge in [-0.2, -0.15) is 5.10 Å².